The Morgan fingerprint density at radius 1 is 1.35 bits per heavy atom. The predicted octanol–water partition coefficient (Wildman–Crippen LogP) is 2.75. The molecule has 3 aromatic rings. The van der Waals surface area contributed by atoms with E-state index in [0.717, 1.165) is 10.1 Å². The Morgan fingerprint density at radius 2 is 2.15 bits per heavy atom. The van der Waals surface area contributed by atoms with Gasteiger partial charge in [-0.15, -0.1) is 0 Å². The molecular formula is C14H9BrN2O3. The number of carbonyl (C=O) groups is 1. The Morgan fingerprint density at radius 3 is 2.90 bits per heavy atom. The molecule has 0 spiro atoms. The van der Waals surface area contributed by atoms with Crippen LogP contribution in [0.3, 0.4) is 0 Å². The summed E-state index contributed by atoms with van der Waals surface area (Å²) in [6, 6.07) is 6.86. The average Bonchev–Trinajstić information content (AvgIpc) is 2.75. The van der Waals surface area contributed by atoms with Crippen molar-refractivity contribution in [3.63, 3.8) is 0 Å². The number of carbonyl (C=O) groups excluding carboxylic acids is 1. The van der Waals surface area contributed by atoms with E-state index in [0.29, 0.717) is 21.1 Å². The van der Waals surface area contributed by atoms with Crippen molar-refractivity contribution in [1.82, 2.24) is 9.55 Å². The molecule has 0 fully saturated rings. The predicted molar refractivity (Wildman–Crippen MR) is 76.9 cm³/mol. The molecule has 0 aliphatic rings. The summed E-state index contributed by atoms with van der Waals surface area (Å²) in [5.41, 5.74) is 1.99. The lowest BCUT2D eigenvalue weighted by Gasteiger charge is -2.03. The topological polar surface area (TPSA) is 65.1 Å². The SMILES string of the molecule is Cc1cccc2oc(=O)n(C(=O)c3cncc(Br)c3)c12. The quantitative estimate of drug-likeness (QED) is 0.687. The van der Waals surface area contributed by atoms with Crippen LogP contribution in [0, 0.1) is 6.92 Å². The maximum Gasteiger partial charge on any atom is 0.427 e. The lowest BCUT2D eigenvalue weighted by Crippen LogP contribution is -2.23. The Balaban J connectivity index is 2.27. The molecule has 5 nitrogen and oxygen atoms in total. The smallest absolute Gasteiger partial charge is 0.407 e. The fourth-order valence-corrected chi connectivity index (χ4v) is 2.44. The van der Waals surface area contributed by atoms with Gasteiger partial charge in [0.1, 0.15) is 5.52 Å². The van der Waals surface area contributed by atoms with Crippen molar-refractivity contribution in [1.29, 1.82) is 0 Å². The van der Waals surface area contributed by atoms with Crippen LogP contribution in [0.15, 0.2) is 50.3 Å². The summed E-state index contributed by atoms with van der Waals surface area (Å²) in [4.78, 5) is 28.4. The molecule has 0 bridgehead atoms. The Labute approximate surface area is 122 Å². The highest BCUT2D eigenvalue weighted by Crippen LogP contribution is 2.19. The van der Waals surface area contributed by atoms with Crippen molar-refractivity contribution in [2.24, 2.45) is 0 Å². The number of fused-ring (bicyclic) bond motifs is 1. The number of para-hydroxylation sites is 1. The molecule has 20 heavy (non-hydrogen) atoms. The second-order valence-electron chi connectivity index (χ2n) is 4.32. The van der Waals surface area contributed by atoms with E-state index in [-0.39, 0.29) is 0 Å². The largest absolute Gasteiger partial charge is 0.427 e. The van der Waals surface area contributed by atoms with Crippen LogP contribution in [0.1, 0.15) is 15.9 Å². The summed E-state index contributed by atoms with van der Waals surface area (Å²) < 4.78 is 6.81. The maximum absolute atomic E-state index is 12.5. The van der Waals surface area contributed by atoms with Crippen molar-refractivity contribution in [3.8, 4) is 0 Å². The minimum atomic E-state index is -0.695. The third-order valence-electron chi connectivity index (χ3n) is 2.96. The number of hydrogen-bond acceptors (Lipinski definition) is 4. The standard InChI is InChI=1S/C14H9BrN2O3/c1-8-3-2-4-11-12(8)17(14(19)20-11)13(18)9-5-10(15)7-16-6-9/h2-7H,1H3. The molecule has 0 aliphatic carbocycles. The lowest BCUT2D eigenvalue weighted by atomic mass is 10.2. The van der Waals surface area contributed by atoms with Crippen molar-refractivity contribution in [2.75, 3.05) is 0 Å². The summed E-state index contributed by atoms with van der Waals surface area (Å²) in [5, 5.41) is 0. The van der Waals surface area contributed by atoms with Gasteiger partial charge in [0.05, 0.1) is 5.56 Å². The normalized spacial score (nSPS) is 10.9. The third kappa shape index (κ3) is 1.98. The van der Waals surface area contributed by atoms with Gasteiger partial charge in [-0.05, 0) is 40.5 Å². The molecule has 0 saturated heterocycles. The Hall–Kier alpha value is -2.21. The van der Waals surface area contributed by atoms with Gasteiger partial charge in [-0.25, -0.2) is 9.36 Å². The summed E-state index contributed by atoms with van der Waals surface area (Å²) in [6.07, 6.45) is 2.98. The van der Waals surface area contributed by atoms with Crippen molar-refractivity contribution < 1.29 is 9.21 Å². The number of benzene rings is 1. The molecule has 0 amide bonds. The molecule has 0 radical (unpaired) electrons. The molecule has 6 heteroatoms. The van der Waals surface area contributed by atoms with Crippen LogP contribution in [-0.2, 0) is 0 Å². The van der Waals surface area contributed by atoms with Crippen LogP contribution >= 0.6 is 15.9 Å². The highest BCUT2D eigenvalue weighted by Gasteiger charge is 2.19. The van der Waals surface area contributed by atoms with Crippen LogP contribution in [0.5, 0.6) is 0 Å². The molecule has 2 heterocycles. The molecule has 0 atom stereocenters. The van der Waals surface area contributed by atoms with E-state index in [1.54, 1.807) is 24.4 Å². The molecule has 0 unspecified atom stereocenters. The molecule has 3 rings (SSSR count). The molecule has 0 aliphatic heterocycles. The van der Waals surface area contributed by atoms with Crippen molar-refractivity contribution >= 4 is 32.9 Å². The summed E-state index contributed by atoms with van der Waals surface area (Å²) in [6.45, 7) is 1.82. The zero-order valence-corrected chi connectivity index (χ0v) is 12.0. The van der Waals surface area contributed by atoms with Gasteiger partial charge in [-0.2, -0.15) is 0 Å². The molecule has 2 aromatic heterocycles. The minimum Gasteiger partial charge on any atom is -0.407 e. The van der Waals surface area contributed by atoms with Crippen LogP contribution in [0.25, 0.3) is 11.1 Å². The number of aryl methyl sites for hydroxylation is 1. The molecule has 1 aromatic carbocycles. The third-order valence-corrected chi connectivity index (χ3v) is 3.39. The number of halogens is 1. The van der Waals surface area contributed by atoms with Gasteiger partial charge in [0.25, 0.3) is 5.91 Å². The van der Waals surface area contributed by atoms with Gasteiger partial charge in [-0.3, -0.25) is 9.78 Å². The number of oxazole rings is 1. The van der Waals surface area contributed by atoms with E-state index in [4.69, 9.17) is 4.42 Å². The first kappa shape index (κ1) is 12.8. The Kier molecular flexibility index (Phi) is 3.02. The minimum absolute atomic E-state index is 0.312. The van der Waals surface area contributed by atoms with Crippen LogP contribution < -0.4 is 5.76 Å². The van der Waals surface area contributed by atoms with Crippen molar-refractivity contribution in [3.05, 3.63) is 62.8 Å². The fraction of sp³-hybridized carbons (Fsp3) is 0.0714. The number of rotatable bonds is 1. The number of pyridine rings is 1. The van der Waals surface area contributed by atoms with E-state index in [2.05, 4.69) is 20.9 Å². The first-order valence-electron chi connectivity index (χ1n) is 5.84. The number of nitrogens with zero attached hydrogens (tertiary/aromatic N) is 2. The fourth-order valence-electron chi connectivity index (χ4n) is 2.07. The zero-order chi connectivity index (χ0) is 14.3. The maximum atomic E-state index is 12.5. The van der Waals surface area contributed by atoms with Gasteiger partial charge >= 0.3 is 5.76 Å². The van der Waals surface area contributed by atoms with Crippen LogP contribution in [-0.4, -0.2) is 15.5 Å². The summed E-state index contributed by atoms with van der Waals surface area (Å²) >= 11 is 3.25. The van der Waals surface area contributed by atoms with Gasteiger partial charge in [0.2, 0.25) is 0 Å². The van der Waals surface area contributed by atoms with Gasteiger partial charge < -0.3 is 4.42 Å². The summed E-state index contributed by atoms with van der Waals surface area (Å²) in [7, 11) is 0. The molecule has 0 N–H and O–H groups in total. The summed E-state index contributed by atoms with van der Waals surface area (Å²) in [5.74, 6) is -1.16. The molecular weight excluding hydrogens is 324 g/mol. The van der Waals surface area contributed by atoms with Gasteiger partial charge in [-0.1, -0.05) is 12.1 Å². The van der Waals surface area contributed by atoms with E-state index >= 15 is 0 Å². The average molecular weight is 333 g/mol. The first-order chi connectivity index (χ1) is 9.58. The molecule has 0 saturated carbocycles. The lowest BCUT2D eigenvalue weighted by molar-refractivity contribution is 0.0956. The monoisotopic (exact) mass is 332 g/mol. The van der Waals surface area contributed by atoms with E-state index in [1.807, 2.05) is 13.0 Å². The van der Waals surface area contributed by atoms with Gasteiger partial charge in [0, 0.05) is 16.9 Å². The van der Waals surface area contributed by atoms with Crippen molar-refractivity contribution in [2.45, 2.75) is 6.92 Å². The van der Waals surface area contributed by atoms with Crippen LogP contribution in [0.4, 0.5) is 0 Å². The zero-order valence-electron chi connectivity index (χ0n) is 10.5. The first-order valence-corrected chi connectivity index (χ1v) is 6.63. The Bertz CT molecular complexity index is 880. The van der Waals surface area contributed by atoms with E-state index in [1.165, 1.54) is 6.20 Å². The van der Waals surface area contributed by atoms with E-state index < -0.39 is 11.7 Å². The highest BCUT2D eigenvalue weighted by atomic mass is 79.9. The number of hydrogen-bond donors (Lipinski definition) is 0. The molecule has 100 valence electrons. The number of aromatic nitrogens is 2. The van der Waals surface area contributed by atoms with E-state index in [9.17, 15) is 9.59 Å². The van der Waals surface area contributed by atoms with Gasteiger partial charge in [0.15, 0.2) is 5.58 Å². The second-order valence-corrected chi connectivity index (χ2v) is 5.24. The highest BCUT2D eigenvalue weighted by molar-refractivity contribution is 9.10. The second kappa shape index (κ2) is 4.72. The van der Waals surface area contributed by atoms with Crippen LogP contribution in [0.2, 0.25) is 0 Å².